The van der Waals surface area contributed by atoms with E-state index in [-0.39, 0.29) is 34.7 Å². The van der Waals surface area contributed by atoms with E-state index < -0.39 is 78.0 Å². The summed E-state index contributed by atoms with van der Waals surface area (Å²) in [5.74, 6) is -2.57. The van der Waals surface area contributed by atoms with Gasteiger partial charge in [0.2, 0.25) is 23.6 Å². The van der Waals surface area contributed by atoms with Gasteiger partial charge in [-0.05, 0) is 31.7 Å². The molecule has 3 aromatic rings. The molecule has 0 spiro atoms. The second-order valence-corrected chi connectivity index (χ2v) is 17.7. The minimum Gasteiger partial charge on any atom is -0.474 e. The molecule has 0 saturated heterocycles. The van der Waals surface area contributed by atoms with Crippen molar-refractivity contribution in [2.24, 2.45) is 10.9 Å². The zero-order valence-electron chi connectivity index (χ0n) is 29.9. The summed E-state index contributed by atoms with van der Waals surface area (Å²) in [7, 11) is 2.53. The fourth-order valence-corrected chi connectivity index (χ4v) is 10.2. The summed E-state index contributed by atoms with van der Waals surface area (Å²) in [6.07, 6.45) is -0.936. The van der Waals surface area contributed by atoms with Gasteiger partial charge in [0, 0.05) is 22.3 Å². The van der Waals surface area contributed by atoms with Crippen LogP contribution in [-0.4, -0.2) is 98.4 Å². The quantitative estimate of drug-likeness (QED) is 0.206. The first kappa shape index (κ1) is 39.6. The summed E-state index contributed by atoms with van der Waals surface area (Å²) < 4.78 is 6.15. The summed E-state index contributed by atoms with van der Waals surface area (Å²) >= 11 is 2.39. The summed E-state index contributed by atoms with van der Waals surface area (Å²) in [4.78, 5) is 82.8. The molecule has 19 heteroatoms. The predicted molar refractivity (Wildman–Crippen MR) is 208 cm³/mol. The Hall–Kier alpha value is -4.04. The number of hydrogen-bond acceptors (Lipinski definition) is 14. The summed E-state index contributed by atoms with van der Waals surface area (Å²) in [6, 6.07) is 3.98. The molecule has 288 valence electrons. The fourth-order valence-electron chi connectivity index (χ4n) is 6.00. The van der Waals surface area contributed by atoms with Crippen molar-refractivity contribution < 1.29 is 33.8 Å². The molecule has 3 aliphatic heterocycles. The van der Waals surface area contributed by atoms with Crippen LogP contribution >= 0.6 is 44.3 Å². The molecule has 0 radical (unpaired) electrons. The number of aliphatic imine (C=N–C) groups is 1. The molecule has 15 nitrogen and oxygen atoms in total. The third-order valence-corrected chi connectivity index (χ3v) is 13.6. The average molecular weight is 815 g/mol. The van der Waals surface area contributed by atoms with Crippen LogP contribution in [0.15, 0.2) is 46.1 Å². The Bertz CT molecular complexity index is 1890. The fraction of sp³-hybridized carbons (Fsp3) is 0.486. The van der Waals surface area contributed by atoms with Crippen molar-refractivity contribution in [1.29, 1.82) is 0 Å². The first-order chi connectivity index (χ1) is 25.9. The van der Waals surface area contributed by atoms with Gasteiger partial charge in [0.05, 0.1) is 18.2 Å². The molecule has 8 bridgehead atoms. The highest BCUT2D eigenvalue weighted by atomic mass is 33.1. The van der Waals surface area contributed by atoms with E-state index in [4.69, 9.17) is 4.74 Å². The maximum absolute atomic E-state index is 13.9. The Kier molecular flexibility index (Phi) is 12.9. The van der Waals surface area contributed by atoms with Gasteiger partial charge in [0.25, 0.3) is 11.8 Å². The monoisotopic (exact) mass is 814 g/mol. The van der Waals surface area contributed by atoms with Crippen molar-refractivity contribution in [3.63, 3.8) is 0 Å². The molecule has 9 unspecified atom stereocenters. The Morgan fingerprint density at radius 1 is 0.796 bits per heavy atom. The molecule has 9 atom stereocenters. The van der Waals surface area contributed by atoms with Crippen LogP contribution in [0.2, 0.25) is 0 Å². The van der Waals surface area contributed by atoms with E-state index in [2.05, 4.69) is 41.5 Å². The van der Waals surface area contributed by atoms with Gasteiger partial charge in [0.15, 0.2) is 6.04 Å². The summed E-state index contributed by atoms with van der Waals surface area (Å²) in [5, 5.41) is 29.2. The Balaban J connectivity index is 1.41. The number of hydrogen-bond donors (Lipinski definition) is 6. The van der Waals surface area contributed by atoms with Crippen molar-refractivity contribution in [2.75, 3.05) is 11.5 Å². The maximum Gasteiger partial charge on any atom is 0.271 e. The minimum atomic E-state index is -1.37. The number of ether oxygens (including phenoxy) is 1. The van der Waals surface area contributed by atoms with Crippen LogP contribution in [-0.2, 0) is 25.5 Å². The van der Waals surface area contributed by atoms with Crippen molar-refractivity contribution in [3.05, 3.63) is 68.1 Å². The second-order valence-electron chi connectivity index (χ2n) is 13.3. The number of amides is 5. The predicted octanol–water partition coefficient (Wildman–Crippen LogP) is 2.56. The lowest BCUT2D eigenvalue weighted by Crippen LogP contribution is -2.58. The lowest BCUT2D eigenvalue weighted by molar-refractivity contribution is -0.132. The molecule has 2 aromatic heterocycles. The molecule has 1 aromatic carbocycles. The van der Waals surface area contributed by atoms with Crippen LogP contribution < -0.4 is 26.6 Å². The number of fused-ring (bicyclic) bond motifs is 11. The van der Waals surface area contributed by atoms with Crippen LogP contribution in [0.1, 0.15) is 82.8 Å². The molecule has 54 heavy (non-hydrogen) atoms. The third kappa shape index (κ3) is 9.24. The number of aliphatic hydroxyl groups excluding tert-OH is 1. The lowest BCUT2D eigenvalue weighted by Gasteiger charge is -2.28. The highest BCUT2D eigenvalue weighted by molar-refractivity contribution is 8.76. The van der Waals surface area contributed by atoms with Crippen molar-refractivity contribution in [2.45, 2.75) is 89.0 Å². The molecule has 5 amide bonds. The first-order valence-electron chi connectivity index (χ1n) is 17.6. The van der Waals surface area contributed by atoms with Crippen LogP contribution in [0.3, 0.4) is 0 Å². The van der Waals surface area contributed by atoms with Gasteiger partial charge < -0.3 is 36.4 Å². The zero-order valence-corrected chi connectivity index (χ0v) is 33.2. The second kappa shape index (κ2) is 17.6. The summed E-state index contributed by atoms with van der Waals surface area (Å²) in [6.45, 7) is 7.00. The molecule has 5 heterocycles. The van der Waals surface area contributed by atoms with Gasteiger partial charge in [-0.25, -0.2) is 15.0 Å². The van der Waals surface area contributed by atoms with Crippen LogP contribution in [0.4, 0.5) is 0 Å². The highest BCUT2D eigenvalue weighted by Gasteiger charge is 2.39. The van der Waals surface area contributed by atoms with Gasteiger partial charge in [-0.3, -0.25) is 24.0 Å². The molecule has 0 fully saturated rings. The summed E-state index contributed by atoms with van der Waals surface area (Å²) in [5.41, 5.74) is 1.09. The average Bonchev–Trinajstić information content (AvgIpc) is 3.93. The number of rotatable bonds is 5. The smallest absolute Gasteiger partial charge is 0.271 e. The van der Waals surface area contributed by atoms with Gasteiger partial charge in [-0.1, -0.05) is 72.2 Å². The number of carbonyl (C=O) groups is 5. The number of nitrogens with zero attached hydrogens (tertiary/aromatic N) is 3. The molecular weight excluding hydrogens is 773 g/mol. The molecule has 6 rings (SSSR count). The zero-order chi connectivity index (χ0) is 38.5. The third-order valence-electron chi connectivity index (χ3n) is 9.31. The number of aromatic nitrogens is 2. The van der Waals surface area contributed by atoms with E-state index in [1.807, 2.05) is 44.2 Å². The number of benzene rings is 1. The van der Waals surface area contributed by atoms with Crippen molar-refractivity contribution in [1.82, 2.24) is 36.6 Å². The van der Waals surface area contributed by atoms with E-state index in [1.54, 1.807) is 17.7 Å². The highest BCUT2D eigenvalue weighted by Crippen LogP contribution is 2.30. The minimum absolute atomic E-state index is 0.0433. The molecule has 3 aliphatic rings. The normalized spacial score (nSPS) is 28.1. The van der Waals surface area contributed by atoms with E-state index in [9.17, 15) is 29.1 Å². The van der Waals surface area contributed by atoms with E-state index in [1.165, 1.54) is 51.2 Å². The van der Waals surface area contributed by atoms with E-state index in [0.717, 1.165) is 5.56 Å². The molecule has 0 aliphatic carbocycles. The van der Waals surface area contributed by atoms with Gasteiger partial charge >= 0.3 is 0 Å². The van der Waals surface area contributed by atoms with Gasteiger partial charge in [-0.2, -0.15) is 0 Å². The van der Waals surface area contributed by atoms with Crippen LogP contribution in [0.25, 0.3) is 0 Å². The van der Waals surface area contributed by atoms with Crippen LogP contribution in [0, 0.1) is 5.92 Å². The number of thiazole rings is 2. The first-order valence-corrected chi connectivity index (χ1v) is 21.8. The lowest BCUT2D eigenvalue weighted by atomic mass is 9.98. The number of carbonyl (C=O) groups excluding carboxylic acids is 5. The van der Waals surface area contributed by atoms with Gasteiger partial charge in [-0.15, -0.1) is 22.7 Å². The van der Waals surface area contributed by atoms with Crippen LogP contribution in [0.5, 0.6) is 0 Å². The Labute approximate surface area is 328 Å². The van der Waals surface area contributed by atoms with E-state index >= 15 is 0 Å². The largest absolute Gasteiger partial charge is 0.474 e. The van der Waals surface area contributed by atoms with Crippen molar-refractivity contribution >= 4 is 79.7 Å². The standard InChI is InChI=1S/C35H42N8O7S4/c1-5-16(2)25-35-40-22(13-52-35)29(46)38-24-15-54-53-14-23(30(47)42-26(17(3)44)31(48)41-25)37-28(45)21-12-51-34(39-21)20(11-19-9-7-6-8-10-19)36-32(49)27-18(4)50-33(24)43-27/h6-10,12-13,16-18,20,23-27,44H,5,11,14-15H2,1-4H3,(H,36,49)(H,37,45)(H,38,46)(H,41,48)(H,42,47). The SMILES string of the molecule is CCC(C)C1NC(=O)C(C(C)O)NC(=O)C2CSSCC(NC(=O)c3csc1n3)C1=NC(C(=O)NC(Cc3ccccc3)c3nc(cs3)C(=O)N2)C(C)O1. The molecular formula is C35H42N8O7S4. The number of aliphatic hydroxyl groups is 1. The van der Waals surface area contributed by atoms with E-state index in [0.29, 0.717) is 22.9 Å². The van der Waals surface area contributed by atoms with Gasteiger partial charge in [0.1, 0.15) is 45.6 Å². The Morgan fingerprint density at radius 2 is 1.41 bits per heavy atom. The Morgan fingerprint density at radius 3 is 2.07 bits per heavy atom. The number of nitrogens with one attached hydrogen (secondary N) is 5. The molecule has 6 N–H and O–H groups in total. The van der Waals surface area contributed by atoms with Crippen molar-refractivity contribution in [3.8, 4) is 0 Å². The maximum atomic E-state index is 13.9. The molecule has 0 saturated carbocycles. The topological polar surface area (TPSA) is 213 Å².